The number of thioether (sulfide) groups is 1. The third-order valence-electron chi connectivity index (χ3n) is 3.78. The van der Waals surface area contributed by atoms with Crippen molar-refractivity contribution in [1.29, 1.82) is 0 Å². The van der Waals surface area contributed by atoms with Gasteiger partial charge >= 0.3 is 0 Å². The van der Waals surface area contributed by atoms with Gasteiger partial charge in [-0.3, -0.25) is 0 Å². The fraction of sp³-hybridized carbons (Fsp3) is 0.235. The molecule has 0 atom stereocenters. The molecule has 22 heavy (non-hydrogen) atoms. The average Bonchev–Trinajstić information content (AvgIpc) is 3.32. The molecule has 0 saturated heterocycles. The van der Waals surface area contributed by atoms with Crippen LogP contribution >= 0.6 is 11.8 Å². The van der Waals surface area contributed by atoms with Gasteiger partial charge in [0.25, 0.3) is 0 Å². The van der Waals surface area contributed by atoms with Gasteiger partial charge in [-0.15, -0.1) is 5.10 Å². The lowest BCUT2D eigenvalue weighted by Crippen LogP contribution is -1.98. The number of tetrazole rings is 1. The Morgan fingerprint density at radius 2 is 1.68 bits per heavy atom. The van der Waals surface area contributed by atoms with E-state index in [1.54, 1.807) is 11.8 Å². The van der Waals surface area contributed by atoms with Gasteiger partial charge in [-0.2, -0.15) is 0 Å². The quantitative estimate of drug-likeness (QED) is 0.669. The normalized spacial score (nSPS) is 14.2. The number of aromatic nitrogens is 4. The molecule has 1 saturated carbocycles. The van der Waals surface area contributed by atoms with E-state index in [1.165, 1.54) is 29.5 Å². The fourth-order valence-electron chi connectivity index (χ4n) is 2.40. The summed E-state index contributed by atoms with van der Waals surface area (Å²) in [6.07, 6.45) is 2.40. The molecule has 0 aliphatic heterocycles. The fourth-order valence-corrected chi connectivity index (χ4v) is 3.30. The highest BCUT2D eigenvalue weighted by atomic mass is 32.2. The van der Waals surface area contributed by atoms with Crippen LogP contribution in [0.15, 0.2) is 59.8 Å². The van der Waals surface area contributed by atoms with Crippen molar-refractivity contribution in [2.45, 2.75) is 29.8 Å². The van der Waals surface area contributed by atoms with Gasteiger partial charge in [0, 0.05) is 5.75 Å². The van der Waals surface area contributed by atoms with Gasteiger partial charge in [0.15, 0.2) is 0 Å². The predicted molar refractivity (Wildman–Crippen MR) is 87.5 cm³/mol. The molecule has 1 aromatic heterocycles. The number of benzene rings is 2. The smallest absolute Gasteiger partial charge is 0.209 e. The molecular weight excluding hydrogens is 292 g/mol. The Labute approximate surface area is 133 Å². The van der Waals surface area contributed by atoms with Gasteiger partial charge in [-0.05, 0) is 40.0 Å². The van der Waals surface area contributed by atoms with Crippen LogP contribution in [0.2, 0.25) is 0 Å². The Morgan fingerprint density at radius 1 is 0.955 bits per heavy atom. The molecule has 0 amide bonds. The van der Waals surface area contributed by atoms with E-state index in [0.29, 0.717) is 6.04 Å². The summed E-state index contributed by atoms with van der Waals surface area (Å²) in [5.41, 5.74) is 3.78. The second-order valence-corrected chi connectivity index (χ2v) is 6.43. The second kappa shape index (κ2) is 5.93. The minimum absolute atomic E-state index is 0.526. The molecule has 2 aromatic carbocycles. The SMILES string of the molecule is c1ccc(-c2ccc(CSc3nnnn3C3CC3)cc2)cc1. The lowest BCUT2D eigenvalue weighted by atomic mass is 10.0. The van der Waals surface area contributed by atoms with Crippen molar-refractivity contribution >= 4 is 11.8 Å². The molecular formula is C17H16N4S. The lowest BCUT2D eigenvalue weighted by Gasteiger charge is -2.05. The molecule has 0 bridgehead atoms. The highest BCUT2D eigenvalue weighted by Crippen LogP contribution is 2.36. The van der Waals surface area contributed by atoms with Crippen LogP contribution in [-0.2, 0) is 5.75 Å². The summed E-state index contributed by atoms with van der Waals surface area (Å²) in [5.74, 6) is 0.891. The molecule has 0 spiro atoms. The lowest BCUT2D eigenvalue weighted by molar-refractivity contribution is 0.565. The van der Waals surface area contributed by atoms with E-state index >= 15 is 0 Å². The van der Waals surface area contributed by atoms with E-state index in [2.05, 4.69) is 64.1 Å². The second-order valence-electron chi connectivity index (χ2n) is 5.49. The number of hydrogen-bond acceptors (Lipinski definition) is 4. The molecule has 0 unspecified atom stereocenters. The number of rotatable bonds is 5. The summed E-state index contributed by atoms with van der Waals surface area (Å²) in [4.78, 5) is 0. The van der Waals surface area contributed by atoms with Crippen LogP contribution in [0.25, 0.3) is 11.1 Å². The van der Waals surface area contributed by atoms with Crippen molar-refractivity contribution in [3.05, 3.63) is 60.2 Å². The van der Waals surface area contributed by atoms with E-state index in [-0.39, 0.29) is 0 Å². The summed E-state index contributed by atoms with van der Waals surface area (Å²) in [7, 11) is 0. The largest absolute Gasteiger partial charge is 0.217 e. The van der Waals surface area contributed by atoms with Crippen LogP contribution in [0.3, 0.4) is 0 Å². The standard InChI is InChI=1S/C17H16N4S/c1-2-4-14(5-3-1)15-8-6-13(7-9-15)12-22-17-18-19-20-21(17)16-10-11-16/h1-9,16H,10-12H2. The molecule has 5 heteroatoms. The van der Waals surface area contributed by atoms with Crippen LogP contribution in [-0.4, -0.2) is 20.2 Å². The van der Waals surface area contributed by atoms with Crippen molar-refractivity contribution < 1.29 is 0 Å². The first-order valence-corrected chi connectivity index (χ1v) is 8.44. The Bertz CT molecular complexity index is 748. The molecule has 110 valence electrons. The van der Waals surface area contributed by atoms with Gasteiger partial charge < -0.3 is 0 Å². The van der Waals surface area contributed by atoms with Gasteiger partial charge in [0.2, 0.25) is 5.16 Å². The first-order valence-electron chi connectivity index (χ1n) is 7.45. The van der Waals surface area contributed by atoms with E-state index in [9.17, 15) is 0 Å². The minimum Gasteiger partial charge on any atom is -0.217 e. The van der Waals surface area contributed by atoms with E-state index in [0.717, 1.165) is 10.9 Å². The maximum Gasteiger partial charge on any atom is 0.209 e. The maximum absolute atomic E-state index is 4.12. The van der Waals surface area contributed by atoms with Crippen molar-refractivity contribution in [2.24, 2.45) is 0 Å². The highest BCUT2D eigenvalue weighted by molar-refractivity contribution is 7.98. The summed E-state index contributed by atoms with van der Waals surface area (Å²) in [5, 5.41) is 12.9. The molecule has 1 heterocycles. The third kappa shape index (κ3) is 2.90. The van der Waals surface area contributed by atoms with Crippen molar-refractivity contribution in [3.8, 4) is 11.1 Å². The molecule has 3 aromatic rings. The minimum atomic E-state index is 0.526. The Hall–Kier alpha value is -2.14. The maximum atomic E-state index is 4.12. The first-order chi connectivity index (χ1) is 10.9. The highest BCUT2D eigenvalue weighted by Gasteiger charge is 2.27. The zero-order valence-electron chi connectivity index (χ0n) is 12.1. The van der Waals surface area contributed by atoms with E-state index < -0.39 is 0 Å². The summed E-state index contributed by atoms with van der Waals surface area (Å²) in [6, 6.07) is 19.7. The zero-order chi connectivity index (χ0) is 14.8. The molecule has 0 N–H and O–H groups in total. The van der Waals surface area contributed by atoms with Crippen LogP contribution in [0.4, 0.5) is 0 Å². The van der Waals surface area contributed by atoms with Gasteiger partial charge in [-0.25, -0.2) is 4.68 Å². The summed E-state index contributed by atoms with van der Waals surface area (Å²) in [6.45, 7) is 0. The van der Waals surface area contributed by atoms with Crippen molar-refractivity contribution in [1.82, 2.24) is 20.2 Å². The molecule has 1 aliphatic rings. The topological polar surface area (TPSA) is 43.6 Å². The van der Waals surface area contributed by atoms with Crippen LogP contribution in [0, 0.1) is 0 Å². The molecule has 0 radical (unpaired) electrons. The molecule has 4 nitrogen and oxygen atoms in total. The van der Waals surface area contributed by atoms with Crippen LogP contribution < -0.4 is 0 Å². The Kier molecular flexibility index (Phi) is 3.64. The van der Waals surface area contributed by atoms with E-state index in [4.69, 9.17) is 0 Å². The van der Waals surface area contributed by atoms with Gasteiger partial charge in [0.05, 0.1) is 6.04 Å². The van der Waals surface area contributed by atoms with Crippen LogP contribution in [0.5, 0.6) is 0 Å². The van der Waals surface area contributed by atoms with Crippen molar-refractivity contribution in [2.75, 3.05) is 0 Å². The zero-order valence-corrected chi connectivity index (χ0v) is 12.9. The third-order valence-corrected chi connectivity index (χ3v) is 4.79. The predicted octanol–water partition coefficient (Wildman–Crippen LogP) is 3.97. The first kappa shape index (κ1) is 13.5. The molecule has 1 fully saturated rings. The van der Waals surface area contributed by atoms with E-state index in [1.807, 2.05) is 10.7 Å². The summed E-state index contributed by atoms with van der Waals surface area (Å²) >= 11 is 1.70. The average molecular weight is 308 g/mol. The van der Waals surface area contributed by atoms with Gasteiger partial charge in [0.1, 0.15) is 0 Å². The van der Waals surface area contributed by atoms with Crippen molar-refractivity contribution in [3.63, 3.8) is 0 Å². The summed E-state index contributed by atoms with van der Waals surface area (Å²) < 4.78 is 1.96. The molecule has 4 rings (SSSR count). The number of hydrogen-bond donors (Lipinski definition) is 0. The molecule has 1 aliphatic carbocycles. The van der Waals surface area contributed by atoms with Crippen LogP contribution in [0.1, 0.15) is 24.4 Å². The number of nitrogens with zero attached hydrogens (tertiary/aromatic N) is 4. The Balaban J connectivity index is 1.44. The van der Waals surface area contributed by atoms with Gasteiger partial charge in [-0.1, -0.05) is 66.4 Å². The monoisotopic (exact) mass is 308 g/mol. The Morgan fingerprint density at radius 3 is 2.41 bits per heavy atom.